The van der Waals surface area contributed by atoms with Crippen LogP contribution >= 0.6 is 0 Å². The average molecular weight is 359 g/mol. The Balaban J connectivity index is 1.84. The fourth-order valence-electron chi connectivity index (χ4n) is 2.57. The van der Waals surface area contributed by atoms with E-state index < -0.39 is 12.3 Å². The molecule has 1 aromatic heterocycles. The highest BCUT2D eigenvalue weighted by Crippen LogP contribution is 2.33. The number of rotatable bonds is 5. The molecule has 0 radical (unpaired) electrons. The minimum Gasteiger partial charge on any atom is -0.345 e. The highest BCUT2D eigenvalue weighted by Gasteiger charge is 2.27. The quantitative estimate of drug-likeness (QED) is 0.480. The maximum Gasteiger partial charge on any atom is 0.278 e. The van der Waals surface area contributed by atoms with Crippen molar-refractivity contribution in [2.75, 3.05) is 0 Å². The van der Waals surface area contributed by atoms with Crippen LogP contribution in [-0.2, 0) is 4.79 Å². The number of allylic oxidation sites excluding steroid dienone is 3. The Morgan fingerprint density at radius 3 is 2.58 bits per heavy atom. The molecule has 6 nitrogen and oxygen atoms in total. The van der Waals surface area contributed by atoms with Gasteiger partial charge in [0.05, 0.1) is 17.3 Å². The van der Waals surface area contributed by atoms with Crippen LogP contribution in [0.5, 0.6) is 0 Å². The van der Waals surface area contributed by atoms with Crippen molar-refractivity contribution in [2.24, 2.45) is 0 Å². The Morgan fingerprint density at radius 2 is 2.00 bits per heavy atom. The largest absolute Gasteiger partial charge is 0.345 e. The van der Waals surface area contributed by atoms with Gasteiger partial charge < -0.3 is 21.4 Å². The summed E-state index contributed by atoms with van der Waals surface area (Å²) in [6.45, 7) is 1.79. The fraction of sp³-hybridized carbons (Fsp3) is 0.278. The van der Waals surface area contributed by atoms with Gasteiger partial charge in [-0.2, -0.15) is 0 Å². The molecular formula is C18H19F2N5O. The molecule has 1 saturated carbocycles. The summed E-state index contributed by atoms with van der Waals surface area (Å²) in [6.07, 6.45) is 4.43. The number of carbonyl (C=O) groups is 1. The van der Waals surface area contributed by atoms with E-state index >= 15 is 0 Å². The lowest BCUT2D eigenvalue weighted by molar-refractivity contribution is -0.117. The number of nitrogens with one attached hydrogen (secondary N) is 4. The van der Waals surface area contributed by atoms with E-state index in [-0.39, 0.29) is 23.1 Å². The SMILES string of the molecule is CC(NC(=O)/C(C=N)=C1/NC(C(F)F)=CC(=C2CC2)N1)c1ccncc1. The molecule has 1 unspecified atom stereocenters. The third-order valence-electron chi connectivity index (χ3n) is 4.16. The number of alkyl halides is 2. The summed E-state index contributed by atoms with van der Waals surface area (Å²) in [4.78, 5) is 16.5. The molecule has 4 N–H and O–H groups in total. The van der Waals surface area contributed by atoms with Crippen molar-refractivity contribution >= 4 is 12.1 Å². The number of pyridine rings is 1. The van der Waals surface area contributed by atoms with Gasteiger partial charge in [-0.05, 0) is 49.1 Å². The van der Waals surface area contributed by atoms with E-state index in [0.29, 0.717) is 5.70 Å². The van der Waals surface area contributed by atoms with Crippen LogP contribution in [0, 0.1) is 5.41 Å². The van der Waals surface area contributed by atoms with Crippen LogP contribution in [0.15, 0.2) is 59.0 Å². The van der Waals surface area contributed by atoms with Crippen LogP contribution < -0.4 is 16.0 Å². The zero-order valence-electron chi connectivity index (χ0n) is 14.1. The lowest BCUT2D eigenvalue weighted by atomic mass is 10.1. The standard InChI is InChI=1S/C18H19F2N5O/c1-10(11-4-6-22-7-5-11)23-18(26)13(9-21)17-24-14(12-2-3-12)8-15(25-17)16(19)20/h4-10,16,21,24-25H,2-3H2,1H3,(H,23,26)/b17-13+,21-9?. The van der Waals surface area contributed by atoms with E-state index in [1.807, 2.05) is 0 Å². The second kappa shape index (κ2) is 7.47. The van der Waals surface area contributed by atoms with Crippen LogP contribution in [0.4, 0.5) is 8.78 Å². The lowest BCUT2D eigenvalue weighted by Crippen LogP contribution is -2.38. The average Bonchev–Trinajstić information content (AvgIpc) is 3.48. The first kappa shape index (κ1) is 17.8. The van der Waals surface area contributed by atoms with Gasteiger partial charge in [0.25, 0.3) is 12.3 Å². The number of hydrogen-bond donors (Lipinski definition) is 4. The molecule has 2 heterocycles. The molecule has 0 saturated heterocycles. The van der Waals surface area contributed by atoms with Gasteiger partial charge in [-0.25, -0.2) is 8.78 Å². The smallest absolute Gasteiger partial charge is 0.278 e. The lowest BCUT2D eigenvalue weighted by Gasteiger charge is -2.24. The second-order valence-corrected chi connectivity index (χ2v) is 6.08. The summed E-state index contributed by atoms with van der Waals surface area (Å²) in [6, 6.07) is 3.22. The first-order valence-corrected chi connectivity index (χ1v) is 8.21. The molecule has 3 rings (SSSR count). The summed E-state index contributed by atoms with van der Waals surface area (Å²) in [7, 11) is 0. The van der Waals surface area contributed by atoms with Gasteiger partial charge in [-0.1, -0.05) is 0 Å². The zero-order chi connectivity index (χ0) is 18.7. The van der Waals surface area contributed by atoms with Gasteiger partial charge in [-0.3, -0.25) is 9.78 Å². The molecular weight excluding hydrogens is 340 g/mol. The Morgan fingerprint density at radius 1 is 1.31 bits per heavy atom. The second-order valence-electron chi connectivity index (χ2n) is 6.08. The summed E-state index contributed by atoms with van der Waals surface area (Å²) in [5.74, 6) is -0.443. The van der Waals surface area contributed by atoms with E-state index in [0.717, 1.165) is 30.2 Å². The molecule has 0 spiro atoms. The topological polar surface area (TPSA) is 89.9 Å². The predicted octanol–water partition coefficient (Wildman–Crippen LogP) is 2.51. The van der Waals surface area contributed by atoms with Crippen LogP contribution in [0.1, 0.15) is 31.4 Å². The van der Waals surface area contributed by atoms with Crippen LogP contribution in [-0.4, -0.2) is 23.5 Å². The first-order chi connectivity index (χ1) is 12.5. The Bertz CT molecular complexity index is 808. The van der Waals surface area contributed by atoms with Crippen molar-refractivity contribution in [2.45, 2.75) is 32.2 Å². The van der Waals surface area contributed by atoms with Crippen molar-refractivity contribution in [1.29, 1.82) is 5.41 Å². The van der Waals surface area contributed by atoms with Crippen LogP contribution in [0.2, 0.25) is 0 Å². The van der Waals surface area contributed by atoms with Crippen molar-refractivity contribution in [3.63, 3.8) is 0 Å². The monoisotopic (exact) mass is 359 g/mol. The van der Waals surface area contributed by atoms with Gasteiger partial charge in [0.2, 0.25) is 0 Å². The molecule has 1 atom stereocenters. The van der Waals surface area contributed by atoms with Gasteiger partial charge in [0, 0.05) is 24.3 Å². The third kappa shape index (κ3) is 3.96. The highest BCUT2D eigenvalue weighted by molar-refractivity contribution is 6.12. The number of amides is 1. The van der Waals surface area contributed by atoms with E-state index in [1.54, 1.807) is 31.5 Å². The summed E-state index contributed by atoms with van der Waals surface area (Å²) >= 11 is 0. The highest BCUT2D eigenvalue weighted by atomic mass is 19.3. The van der Waals surface area contributed by atoms with Crippen molar-refractivity contribution in [3.05, 3.63) is 64.5 Å². The number of aromatic nitrogens is 1. The van der Waals surface area contributed by atoms with Gasteiger partial charge in [0.1, 0.15) is 5.82 Å². The van der Waals surface area contributed by atoms with Gasteiger partial charge in [-0.15, -0.1) is 0 Å². The Labute approximate surface area is 149 Å². The molecule has 1 aliphatic heterocycles. The minimum absolute atomic E-state index is 0.0455. The van der Waals surface area contributed by atoms with E-state index in [2.05, 4.69) is 20.9 Å². The molecule has 1 aliphatic carbocycles. The molecule has 8 heteroatoms. The number of hydrogen-bond acceptors (Lipinski definition) is 5. The third-order valence-corrected chi connectivity index (χ3v) is 4.16. The van der Waals surface area contributed by atoms with Crippen molar-refractivity contribution < 1.29 is 13.6 Å². The Kier molecular flexibility index (Phi) is 5.11. The maximum absolute atomic E-state index is 13.2. The molecule has 0 bridgehead atoms. The molecule has 0 aromatic carbocycles. The predicted molar refractivity (Wildman–Crippen MR) is 93.2 cm³/mol. The van der Waals surface area contributed by atoms with Crippen LogP contribution in [0.3, 0.4) is 0 Å². The van der Waals surface area contributed by atoms with E-state index in [9.17, 15) is 13.6 Å². The molecule has 26 heavy (non-hydrogen) atoms. The first-order valence-electron chi connectivity index (χ1n) is 8.21. The molecule has 1 fully saturated rings. The molecule has 1 amide bonds. The van der Waals surface area contributed by atoms with Crippen molar-refractivity contribution in [3.8, 4) is 0 Å². The van der Waals surface area contributed by atoms with E-state index in [4.69, 9.17) is 5.41 Å². The summed E-state index contributed by atoms with van der Waals surface area (Å²) in [5, 5.41) is 15.8. The summed E-state index contributed by atoms with van der Waals surface area (Å²) < 4.78 is 26.4. The molecule has 1 aromatic rings. The zero-order valence-corrected chi connectivity index (χ0v) is 14.1. The number of carbonyl (C=O) groups excluding carboxylic acids is 1. The van der Waals surface area contributed by atoms with Gasteiger partial charge >= 0.3 is 0 Å². The Hall–Kier alpha value is -3.03. The van der Waals surface area contributed by atoms with Gasteiger partial charge in [0.15, 0.2) is 0 Å². The molecule has 2 aliphatic rings. The fourth-order valence-corrected chi connectivity index (χ4v) is 2.57. The van der Waals surface area contributed by atoms with E-state index in [1.165, 1.54) is 6.08 Å². The number of nitrogens with zero attached hydrogens (tertiary/aromatic N) is 1. The normalized spacial score (nSPS) is 19.2. The summed E-state index contributed by atoms with van der Waals surface area (Å²) in [5.41, 5.74) is 2.11. The van der Waals surface area contributed by atoms with Crippen LogP contribution in [0.25, 0.3) is 0 Å². The molecule has 136 valence electrons. The maximum atomic E-state index is 13.2. The number of halogens is 2. The van der Waals surface area contributed by atoms with Crippen molar-refractivity contribution in [1.82, 2.24) is 20.9 Å². The minimum atomic E-state index is -2.70.